The summed E-state index contributed by atoms with van der Waals surface area (Å²) in [6, 6.07) is 10.7. The number of morpholine rings is 1. The zero-order valence-electron chi connectivity index (χ0n) is 15.7. The Kier molecular flexibility index (Phi) is 6.16. The van der Waals surface area contributed by atoms with E-state index in [1.54, 1.807) is 0 Å². The molecule has 25 heavy (non-hydrogen) atoms. The Morgan fingerprint density at radius 1 is 1.04 bits per heavy atom. The average molecular weight is 339 g/mol. The normalized spacial score (nSPS) is 18.4. The molecule has 1 aromatic heterocycles. The Balaban J connectivity index is 1.50. The summed E-state index contributed by atoms with van der Waals surface area (Å²) in [5.41, 5.74) is 5.63. The van der Waals surface area contributed by atoms with Gasteiger partial charge in [-0.05, 0) is 45.6 Å². The summed E-state index contributed by atoms with van der Waals surface area (Å²) >= 11 is 0. The third kappa shape index (κ3) is 5.10. The lowest BCUT2D eigenvalue weighted by atomic mass is 10.0. The van der Waals surface area contributed by atoms with Gasteiger partial charge in [0.2, 0.25) is 0 Å². The number of aromatic nitrogens is 2. The molecule has 1 aromatic carbocycles. The summed E-state index contributed by atoms with van der Waals surface area (Å²) in [5, 5.41) is 0. The number of hydrogen-bond acceptors (Lipinski definition) is 4. The van der Waals surface area contributed by atoms with Crippen molar-refractivity contribution >= 4 is 0 Å². The molecule has 0 spiro atoms. The largest absolute Gasteiger partial charge is 0.376 e. The van der Waals surface area contributed by atoms with E-state index in [4.69, 9.17) is 9.72 Å². The van der Waals surface area contributed by atoms with E-state index >= 15 is 0 Å². The van der Waals surface area contributed by atoms with Crippen molar-refractivity contribution in [3.8, 4) is 0 Å². The lowest BCUT2D eigenvalue weighted by Gasteiger charge is -2.33. The minimum atomic E-state index is 0.331. The van der Waals surface area contributed by atoms with Gasteiger partial charge in [0.1, 0.15) is 0 Å². The highest BCUT2D eigenvalue weighted by Crippen LogP contribution is 2.16. The van der Waals surface area contributed by atoms with Crippen molar-refractivity contribution in [2.24, 2.45) is 0 Å². The Morgan fingerprint density at radius 3 is 2.60 bits per heavy atom. The van der Waals surface area contributed by atoms with Gasteiger partial charge in [-0.1, -0.05) is 30.3 Å². The van der Waals surface area contributed by atoms with Crippen LogP contribution >= 0.6 is 0 Å². The van der Waals surface area contributed by atoms with E-state index in [0.29, 0.717) is 6.10 Å². The van der Waals surface area contributed by atoms with Gasteiger partial charge < -0.3 is 4.74 Å². The van der Waals surface area contributed by atoms with Gasteiger partial charge in [0.15, 0.2) is 0 Å². The SMILES string of the molecule is Cc1nc(C)c(CN2CCO[C@H](CCCc3ccccc3)C2)nc1C. The molecule has 0 N–H and O–H groups in total. The summed E-state index contributed by atoms with van der Waals surface area (Å²) in [7, 11) is 0. The predicted octanol–water partition coefficient (Wildman–Crippen LogP) is 3.63. The molecular formula is C21H29N3O. The number of aryl methyl sites for hydroxylation is 4. The number of ether oxygens (including phenoxy) is 1. The van der Waals surface area contributed by atoms with Crippen LogP contribution in [0.1, 0.15) is 41.2 Å². The molecule has 0 unspecified atom stereocenters. The zero-order valence-corrected chi connectivity index (χ0v) is 15.7. The van der Waals surface area contributed by atoms with Crippen molar-refractivity contribution in [1.29, 1.82) is 0 Å². The van der Waals surface area contributed by atoms with Gasteiger partial charge in [-0.25, -0.2) is 0 Å². The third-order valence-electron chi connectivity index (χ3n) is 5.01. The van der Waals surface area contributed by atoms with Crippen molar-refractivity contribution in [3.05, 3.63) is 58.7 Å². The maximum Gasteiger partial charge on any atom is 0.0759 e. The van der Waals surface area contributed by atoms with Gasteiger partial charge in [0, 0.05) is 19.6 Å². The molecule has 0 saturated carbocycles. The summed E-state index contributed by atoms with van der Waals surface area (Å²) in [6.07, 6.45) is 3.74. The van der Waals surface area contributed by atoms with Crippen LogP contribution < -0.4 is 0 Å². The number of rotatable bonds is 6. The highest BCUT2D eigenvalue weighted by Gasteiger charge is 2.21. The minimum Gasteiger partial charge on any atom is -0.376 e. The van der Waals surface area contributed by atoms with Crippen molar-refractivity contribution in [3.63, 3.8) is 0 Å². The molecule has 1 fully saturated rings. The monoisotopic (exact) mass is 339 g/mol. The van der Waals surface area contributed by atoms with Gasteiger partial charge in [0.05, 0.1) is 35.5 Å². The molecule has 3 rings (SSSR count). The van der Waals surface area contributed by atoms with Crippen molar-refractivity contribution < 1.29 is 4.74 Å². The first-order chi connectivity index (χ1) is 12.1. The summed E-state index contributed by atoms with van der Waals surface area (Å²) in [5.74, 6) is 0. The van der Waals surface area contributed by atoms with Crippen LogP contribution in [-0.2, 0) is 17.7 Å². The molecule has 1 aliphatic rings. The fraction of sp³-hybridized carbons (Fsp3) is 0.524. The maximum atomic E-state index is 5.98. The van der Waals surface area contributed by atoms with Crippen LogP contribution in [0.5, 0.6) is 0 Å². The smallest absolute Gasteiger partial charge is 0.0759 e. The molecule has 2 aromatic rings. The molecule has 4 nitrogen and oxygen atoms in total. The van der Waals surface area contributed by atoms with Crippen LogP contribution in [0.3, 0.4) is 0 Å². The molecule has 4 heteroatoms. The molecule has 0 bridgehead atoms. The quantitative estimate of drug-likeness (QED) is 0.805. The van der Waals surface area contributed by atoms with Crippen LogP contribution in [0.4, 0.5) is 0 Å². The van der Waals surface area contributed by atoms with Crippen LogP contribution in [0.2, 0.25) is 0 Å². The lowest BCUT2D eigenvalue weighted by molar-refractivity contribution is -0.0359. The third-order valence-corrected chi connectivity index (χ3v) is 5.01. The first kappa shape index (κ1) is 18.0. The molecule has 134 valence electrons. The van der Waals surface area contributed by atoms with Crippen molar-refractivity contribution in [2.45, 2.75) is 52.7 Å². The molecular weight excluding hydrogens is 310 g/mol. The average Bonchev–Trinajstić information content (AvgIpc) is 2.61. The predicted molar refractivity (Wildman–Crippen MR) is 101 cm³/mol. The van der Waals surface area contributed by atoms with E-state index in [-0.39, 0.29) is 0 Å². The van der Waals surface area contributed by atoms with E-state index < -0.39 is 0 Å². The van der Waals surface area contributed by atoms with E-state index in [9.17, 15) is 0 Å². The summed E-state index contributed by atoms with van der Waals surface area (Å²) in [4.78, 5) is 11.8. The zero-order chi connectivity index (χ0) is 17.6. The van der Waals surface area contributed by atoms with Gasteiger partial charge in [-0.2, -0.15) is 0 Å². The highest BCUT2D eigenvalue weighted by atomic mass is 16.5. The van der Waals surface area contributed by atoms with Gasteiger partial charge in [-0.3, -0.25) is 14.9 Å². The van der Waals surface area contributed by atoms with Crippen LogP contribution in [0.15, 0.2) is 30.3 Å². The van der Waals surface area contributed by atoms with Gasteiger partial charge in [-0.15, -0.1) is 0 Å². The highest BCUT2D eigenvalue weighted by molar-refractivity contribution is 5.18. The van der Waals surface area contributed by atoms with E-state index in [1.807, 2.05) is 13.8 Å². The first-order valence-corrected chi connectivity index (χ1v) is 9.30. The lowest BCUT2D eigenvalue weighted by Crippen LogP contribution is -2.42. The summed E-state index contributed by atoms with van der Waals surface area (Å²) in [6.45, 7) is 9.78. The molecule has 0 amide bonds. The van der Waals surface area contributed by atoms with Gasteiger partial charge >= 0.3 is 0 Å². The van der Waals surface area contributed by atoms with Crippen molar-refractivity contribution in [1.82, 2.24) is 14.9 Å². The molecule has 2 heterocycles. The maximum absolute atomic E-state index is 5.98. The minimum absolute atomic E-state index is 0.331. The molecule has 1 atom stereocenters. The van der Waals surface area contributed by atoms with E-state index in [0.717, 1.165) is 61.9 Å². The second-order valence-corrected chi connectivity index (χ2v) is 7.03. The van der Waals surface area contributed by atoms with Gasteiger partial charge in [0.25, 0.3) is 0 Å². The standard InChI is InChI=1S/C21H29N3O/c1-16-17(2)23-21(18(3)22-16)15-24-12-13-25-20(14-24)11-7-10-19-8-5-4-6-9-19/h4-6,8-9,20H,7,10-15H2,1-3H3/t20-/m1/s1. The second-order valence-electron chi connectivity index (χ2n) is 7.03. The Morgan fingerprint density at radius 2 is 1.80 bits per heavy atom. The number of nitrogens with zero attached hydrogens (tertiary/aromatic N) is 3. The first-order valence-electron chi connectivity index (χ1n) is 9.30. The molecule has 1 aliphatic heterocycles. The Bertz CT molecular complexity index is 687. The molecule has 1 saturated heterocycles. The topological polar surface area (TPSA) is 38.2 Å². The van der Waals surface area contributed by atoms with Crippen LogP contribution in [0.25, 0.3) is 0 Å². The molecule has 0 aliphatic carbocycles. The van der Waals surface area contributed by atoms with E-state index in [1.165, 1.54) is 12.0 Å². The van der Waals surface area contributed by atoms with Crippen LogP contribution in [-0.4, -0.2) is 40.7 Å². The van der Waals surface area contributed by atoms with Crippen molar-refractivity contribution in [2.75, 3.05) is 19.7 Å². The summed E-state index contributed by atoms with van der Waals surface area (Å²) < 4.78 is 5.98. The Hall–Kier alpha value is -1.78. The van der Waals surface area contributed by atoms with Crippen LogP contribution in [0, 0.1) is 20.8 Å². The second kappa shape index (κ2) is 8.54. The number of benzene rings is 1. The Labute approximate surface area is 151 Å². The fourth-order valence-electron chi connectivity index (χ4n) is 3.40. The van der Waals surface area contributed by atoms with E-state index in [2.05, 4.69) is 47.1 Å². The number of hydrogen-bond donors (Lipinski definition) is 0. The molecule has 0 radical (unpaired) electrons. The fourth-order valence-corrected chi connectivity index (χ4v) is 3.40.